The third kappa shape index (κ3) is 6.22. The highest BCUT2D eigenvalue weighted by molar-refractivity contribution is 7.61. The van der Waals surface area contributed by atoms with E-state index in [1.807, 2.05) is 0 Å². The van der Waals surface area contributed by atoms with E-state index in [0.717, 1.165) is 19.2 Å². The Kier molecular flexibility index (Phi) is 8.60. The van der Waals surface area contributed by atoms with Crippen molar-refractivity contribution in [1.82, 2.24) is 24.4 Å². The second-order valence-electron chi connectivity index (χ2n) is 11.1. The number of rotatable bonds is 11. The predicted octanol–water partition coefficient (Wildman–Crippen LogP) is -2.30. The number of amides is 1. The molecule has 6 rings (SSSR count). The van der Waals surface area contributed by atoms with E-state index < -0.39 is 89.3 Å². The Hall–Kier alpha value is -2.88. The summed E-state index contributed by atoms with van der Waals surface area (Å²) in [6.45, 7) is -1.78. The van der Waals surface area contributed by atoms with Crippen LogP contribution in [0.4, 0.5) is 5.82 Å². The van der Waals surface area contributed by atoms with Crippen molar-refractivity contribution in [3.8, 4) is 0 Å². The van der Waals surface area contributed by atoms with Gasteiger partial charge < -0.3 is 56.1 Å². The van der Waals surface area contributed by atoms with Crippen molar-refractivity contribution in [3.05, 3.63) is 36.7 Å². The quantitative estimate of drug-likeness (QED) is 0.115. The maximum absolute atomic E-state index is 12.5. The maximum Gasteiger partial charge on any atom is 0.481 e. The molecule has 2 unspecified atom stereocenters. The van der Waals surface area contributed by atoms with Gasteiger partial charge in [0.1, 0.15) is 48.5 Å². The number of carbonyl (C=O) groups is 1. The van der Waals surface area contributed by atoms with Crippen LogP contribution in [0.3, 0.4) is 0 Å². The standard InChI is InChI=1S/C23H31N7O14P2/c24-18-13-20(27-8-26-18)30(9-28-13)22-17(34)15(32)12(43-22)7-41-46(38,39)44-45(36,37)40-6-11-14(31)16(33)21(42-11)29-4-3-23(1-2-23)10(5-29)19(25)35/h3-5,8-9,11-12,14-17,21-22,31-34H,1-2,6-7H2,(H2,25,35)(H,36,37)(H,38,39)(H2,24,26,27)/t11-,12+,14-,15+,16-,17+,21-,22+/m0/s1. The van der Waals surface area contributed by atoms with Crippen LogP contribution < -0.4 is 11.5 Å². The van der Waals surface area contributed by atoms with Gasteiger partial charge in [-0.25, -0.2) is 24.1 Å². The van der Waals surface area contributed by atoms with Crippen molar-refractivity contribution in [2.75, 3.05) is 18.9 Å². The summed E-state index contributed by atoms with van der Waals surface area (Å²) in [4.78, 5) is 45.3. The van der Waals surface area contributed by atoms with Gasteiger partial charge in [-0.05, 0) is 12.8 Å². The molecular weight excluding hydrogens is 660 g/mol. The molecule has 3 aliphatic heterocycles. The van der Waals surface area contributed by atoms with Crippen LogP contribution in [0, 0.1) is 5.41 Å². The van der Waals surface area contributed by atoms with Gasteiger partial charge in [-0.2, -0.15) is 4.31 Å². The number of hydrogen-bond donors (Lipinski definition) is 8. The van der Waals surface area contributed by atoms with E-state index in [0.29, 0.717) is 5.57 Å². The summed E-state index contributed by atoms with van der Waals surface area (Å²) in [5, 5.41) is 42.0. The lowest BCUT2D eigenvalue weighted by molar-refractivity contribution is -0.115. The summed E-state index contributed by atoms with van der Waals surface area (Å²) in [5.41, 5.74) is 11.4. The molecule has 5 heterocycles. The van der Waals surface area contributed by atoms with E-state index >= 15 is 0 Å². The van der Waals surface area contributed by atoms with Crippen molar-refractivity contribution < 1.29 is 67.0 Å². The first-order chi connectivity index (χ1) is 21.6. The highest BCUT2D eigenvalue weighted by Gasteiger charge is 2.51. The fraction of sp³-hybridized carbons (Fsp3) is 0.565. The molecule has 1 spiro atoms. The van der Waals surface area contributed by atoms with Gasteiger partial charge in [0.15, 0.2) is 23.9 Å². The summed E-state index contributed by atoms with van der Waals surface area (Å²) in [6.07, 6.45) is -3.32. The number of aromatic nitrogens is 4. The Morgan fingerprint density at radius 1 is 0.957 bits per heavy atom. The van der Waals surface area contributed by atoms with Crippen LogP contribution in [-0.4, -0.2) is 117 Å². The smallest absolute Gasteiger partial charge is 0.387 e. The Labute approximate surface area is 258 Å². The number of carbonyl (C=O) groups excluding carboxylic acids is 1. The topological polar surface area (TPSA) is 318 Å². The summed E-state index contributed by atoms with van der Waals surface area (Å²) in [7, 11) is -10.7. The Morgan fingerprint density at radius 3 is 2.13 bits per heavy atom. The first-order valence-corrected chi connectivity index (χ1v) is 16.7. The lowest BCUT2D eigenvalue weighted by Crippen LogP contribution is -2.41. The number of aliphatic hydroxyl groups is 4. The molecule has 10 N–H and O–H groups in total. The molecule has 2 aromatic rings. The zero-order chi connectivity index (χ0) is 33.2. The van der Waals surface area contributed by atoms with Crippen molar-refractivity contribution in [1.29, 1.82) is 0 Å². The molecule has 2 saturated heterocycles. The Morgan fingerprint density at radius 2 is 1.54 bits per heavy atom. The summed E-state index contributed by atoms with van der Waals surface area (Å²) in [6, 6.07) is 0. The van der Waals surface area contributed by atoms with E-state index in [-0.39, 0.29) is 17.0 Å². The van der Waals surface area contributed by atoms with Crippen LogP contribution in [0.25, 0.3) is 11.2 Å². The summed E-state index contributed by atoms with van der Waals surface area (Å²) < 4.78 is 51.2. The molecule has 2 aromatic heterocycles. The number of fused-ring (bicyclic) bond motifs is 1. The average Bonchev–Trinajstić information content (AvgIpc) is 3.38. The normalized spacial score (nSPS) is 34.5. The second-order valence-corrected chi connectivity index (χ2v) is 14.2. The number of ether oxygens (including phenoxy) is 2. The van der Waals surface area contributed by atoms with Gasteiger partial charge in [-0.1, -0.05) is 6.08 Å². The predicted molar refractivity (Wildman–Crippen MR) is 149 cm³/mol. The number of nitrogen functional groups attached to an aromatic ring is 1. The summed E-state index contributed by atoms with van der Waals surface area (Å²) in [5.74, 6) is -0.608. The minimum atomic E-state index is -5.37. The Balaban J connectivity index is 1.02. The van der Waals surface area contributed by atoms with Gasteiger partial charge in [0, 0.05) is 23.4 Å². The van der Waals surface area contributed by atoms with Gasteiger partial charge in [0.2, 0.25) is 5.91 Å². The zero-order valence-corrected chi connectivity index (χ0v) is 25.4. The van der Waals surface area contributed by atoms with E-state index in [1.165, 1.54) is 22.0 Å². The fourth-order valence-electron chi connectivity index (χ4n) is 5.46. The number of phosphoric ester groups is 2. The number of imidazole rings is 1. The fourth-order valence-corrected chi connectivity index (χ4v) is 7.55. The minimum absolute atomic E-state index is 0.0529. The highest BCUT2D eigenvalue weighted by atomic mass is 31.3. The molecule has 46 heavy (non-hydrogen) atoms. The number of nitrogens with zero attached hydrogens (tertiary/aromatic N) is 5. The van der Waals surface area contributed by atoms with Crippen LogP contribution in [0.1, 0.15) is 19.1 Å². The largest absolute Gasteiger partial charge is 0.481 e. The third-order valence-corrected chi connectivity index (χ3v) is 10.7. The SMILES string of the molecule is NC(=O)C1=CN([C@H]2O[C@@H](COP(=O)(O)OP(=O)(O)OC[C@H]3O[C@@H](n4cnc5c(N)ncnc54)[C@H](O)[C@@H]3O)[C@H](O)[C@@H]2O)C=CC12CC2. The summed E-state index contributed by atoms with van der Waals surface area (Å²) >= 11 is 0. The van der Waals surface area contributed by atoms with Crippen LogP contribution in [-0.2, 0) is 36.8 Å². The number of aliphatic hydroxyl groups excluding tert-OH is 4. The van der Waals surface area contributed by atoms with Gasteiger partial charge in [-0.15, -0.1) is 0 Å². The number of primary amides is 1. The lowest BCUT2D eigenvalue weighted by atomic mass is 9.93. The Bertz CT molecular complexity index is 1670. The van der Waals surface area contributed by atoms with E-state index in [2.05, 4.69) is 19.3 Å². The average molecular weight is 691 g/mol. The monoisotopic (exact) mass is 691 g/mol. The van der Waals surface area contributed by atoms with Gasteiger partial charge >= 0.3 is 15.6 Å². The molecule has 252 valence electrons. The molecule has 1 amide bonds. The number of hydrogen-bond acceptors (Lipinski definition) is 17. The molecule has 0 radical (unpaired) electrons. The van der Waals surface area contributed by atoms with Crippen LogP contribution in [0.5, 0.6) is 0 Å². The number of nitrogens with two attached hydrogens (primary N) is 2. The van der Waals surface area contributed by atoms with E-state index in [9.17, 15) is 44.1 Å². The van der Waals surface area contributed by atoms with Crippen LogP contribution in [0.2, 0.25) is 0 Å². The lowest BCUT2D eigenvalue weighted by Gasteiger charge is -2.31. The number of anilines is 1. The first kappa shape index (κ1) is 33.0. The van der Waals surface area contributed by atoms with Crippen LogP contribution >= 0.6 is 15.6 Å². The number of allylic oxidation sites excluding steroid dienone is 1. The maximum atomic E-state index is 12.5. The highest BCUT2D eigenvalue weighted by Crippen LogP contribution is 2.61. The molecule has 0 aromatic carbocycles. The van der Waals surface area contributed by atoms with Crippen molar-refractivity contribution in [3.63, 3.8) is 0 Å². The van der Waals surface area contributed by atoms with Gasteiger partial charge in [0.05, 0.1) is 19.5 Å². The van der Waals surface area contributed by atoms with E-state index in [1.54, 1.807) is 12.3 Å². The second kappa shape index (κ2) is 12.0. The van der Waals surface area contributed by atoms with Crippen LogP contribution in [0.15, 0.2) is 36.7 Å². The molecule has 0 bridgehead atoms. The number of phosphoric acid groups is 2. The van der Waals surface area contributed by atoms with Gasteiger partial charge in [-0.3, -0.25) is 18.4 Å². The van der Waals surface area contributed by atoms with Gasteiger partial charge in [0.25, 0.3) is 0 Å². The molecule has 1 aliphatic carbocycles. The molecule has 21 nitrogen and oxygen atoms in total. The molecular formula is C23H31N7O14P2. The zero-order valence-electron chi connectivity index (χ0n) is 23.6. The molecule has 10 atom stereocenters. The minimum Gasteiger partial charge on any atom is -0.387 e. The third-order valence-electron chi connectivity index (χ3n) is 8.07. The van der Waals surface area contributed by atoms with Crippen molar-refractivity contribution in [2.45, 2.75) is 61.9 Å². The molecule has 4 aliphatic rings. The molecule has 3 fully saturated rings. The molecule has 23 heteroatoms. The molecule has 1 saturated carbocycles. The van der Waals surface area contributed by atoms with E-state index in [4.69, 9.17) is 30.0 Å². The van der Waals surface area contributed by atoms with Crippen molar-refractivity contribution in [2.24, 2.45) is 11.1 Å². The first-order valence-electron chi connectivity index (χ1n) is 13.7. The van der Waals surface area contributed by atoms with Crippen molar-refractivity contribution >= 4 is 38.5 Å².